The molecule has 1 aromatic rings. The summed E-state index contributed by atoms with van der Waals surface area (Å²) in [4.78, 5) is 4.53. The number of piperazine rings is 1. The summed E-state index contributed by atoms with van der Waals surface area (Å²) in [6, 6.07) is 3.81. The smallest absolute Gasteiger partial charge is 0.163 e. The zero-order valence-electron chi connectivity index (χ0n) is 16.9. The number of amidine groups is 1. The van der Waals surface area contributed by atoms with Gasteiger partial charge in [-0.25, -0.2) is 0 Å². The van der Waals surface area contributed by atoms with Crippen molar-refractivity contribution >= 4 is 11.5 Å². The fourth-order valence-electron chi connectivity index (χ4n) is 3.78. The van der Waals surface area contributed by atoms with Gasteiger partial charge >= 0.3 is 0 Å². The van der Waals surface area contributed by atoms with Crippen molar-refractivity contribution in [1.29, 1.82) is 5.41 Å². The normalized spacial score (nSPS) is 17.8. The number of nitrogens with zero attached hydrogens (tertiary/aromatic N) is 2. The molecule has 0 bridgehead atoms. The van der Waals surface area contributed by atoms with Gasteiger partial charge in [0, 0.05) is 44.4 Å². The van der Waals surface area contributed by atoms with Crippen LogP contribution in [0.15, 0.2) is 24.9 Å². The molecular formula is C21H33N5O2. The van der Waals surface area contributed by atoms with Crippen LogP contribution < -0.4 is 20.1 Å². The Bertz CT molecular complexity index is 667. The standard InChI is InChI=1S/C21H33N5O2/c1-3-24-18-16-20(28-14-13-25-9-5-4-6-10-25)19(27-2)15-17(18)21(22)26-11-7-23-8-12-26/h3,15-16,22-24H,1,4-14H2,2H3. The molecule has 2 fully saturated rings. The van der Waals surface area contributed by atoms with Gasteiger partial charge in [-0.3, -0.25) is 10.3 Å². The summed E-state index contributed by atoms with van der Waals surface area (Å²) < 4.78 is 11.6. The third-order valence-electron chi connectivity index (χ3n) is 5.36. The molecule has 0 saturated carbocycles. The van der Waals surface area contributed by atoms with Crippen molar-refractivity contribution in [3.63, 3.8) is 0 Å². The monoisotopic (exact) mass is 387 g/mol. The van der Waals surface area contributed by atoms with E-state index < -0.39 is 0 Å². The van der Waals surface area contributed by atoms with Crippen molar-refractivity contribution in [2.75, 3.05) is 64.8 Å². The Hall–Kier alpha value is -2.25. The minimum absolute atomic E-state index is 0.490. The lowest BCUT2D eigenvalue weighted by atomic mass is 10.1. The predicted molar refractivity (Wildman–Crippen MR) is 114 cm³/mol. The van der Waals surface area contributed by atoms with Crippen LogP contribution >= 0.6 is 0 Å². The molecule has 2 aliphatic heterocycles. The van der Waals surface area contributed by atoms with Gasteiger partial charge in [0.25, 0.3) is 0 Å². The number of piperidine rings is 1. The quantitative estimate of drug-likeness (QED) is 0.470. The van der Waals surface area contributed by atoms with Crippen LogP contribution in [-0.4, -0.2) is 75.2 Å². The molecule has 0 atom stereocenters. The highest BCUT2D eigenvalue weighted by atomic mass is 16.5. The number of anilines is 1. The lowest BCUT2D eigenvalue weighted by Gasteiger charge is -2.30. The Balaban J connectivity index is 1.73. The van der Waals surface area contributed by atoms with Gasteiger partial charge in [-0.2, -0.15) is 0 Å². The highest BCUT2D eigenvalue weighted by molar-refractivity contribution is 6.02. The lowest BCUT2D eigenvalue weighted by molar-refractivity contribution is 0.180. The molecule has 7 heteroatoms. The van der Waals surface area contributed by atoms with E-state index in [1.807, 2.05) is 12.1 Å². The Morgan fingerprint density at radius 1 is 1.18 bits per heavy atom. The van der Waals surface area contributed by atoms with Crippen molar-refractivity contribution in [3.8, 4) is 11.5 Å². The Labute approximate surface area is 168 Å². The second kappa shape index (κ2) is 10.3. The first-order valence-corrected chi connectivity index (χ1v) is 10.2. The maximum atomic E-state index is 8.68. The van der Waals surface area contributed by atoms with Gasteiger partial charge in [0.05, 0.1) is 12.8 Å². The number of nitrogens with one attached hydrogen (secondary N) is 3. The number of rotatable bonds is 8. The van der Waals surface area contributed by atoms with Gasteiger partial charge in [-0.1, -0.05) is 13.0 Å². The molecule has 2 saturated heterocycles. The molecule has 154 valence electrons. The van der Waals surface area contributed by atoms with E-state index in [4.69, 9.17) is 14.9 Å². The van der Waals surface area contributed by atoms with E-state index in [9.17, 15) is 0 Å². The van der Waals surface area contributed by atoms with Gasteiger partial charge in [-0.15, -0.1) is 0 Å². The van der Waals surface area contributed by atoms with Crippen molar-refractivity contribution in [2.45, 2.75) is 19.3 Å². The molecule has 0 spiro atoms. The summed E-state index contributed by atoms with van der Waals surface area (Å²) in [5, 5.41) is 15.2. The summed E-state index contributed by atoms with van der Waals surface area (Å²) in [6.45, 7) is 11.1. The van der Waals surface area contributed by atoms with E-state index in [1.165, 1.54) is 19.3 Å². The average molecular weight is 388 g/mol. The van der Waals surface area contributed by atoms with E-state index in [0.29, 0.717) is 23.9 Å². The largest absolute Gasteiger partial charge is 0.493 e. The summed E-state index contributed by atoms with van der Waals surface area (Å²) >= 11 is 0. The lowest BCUT2D eigenvalue weighted by Crippen LogP contribution is -2.46. The van der Waals surface area contributed by atoms with Gasteiger partial charge in [-0.05, 0) is 38.2 Å². The first kappa shape index (κ1) is 20.5. The molecule has 0 aliphatic carbocycles. The van der Waals surface area contributed by atoms with E-state index in [2.05, 4.69) is 27.0 Å². The van der Waals surface area contributed by atoms with Gasteiger partial charge in [0.2, 0.25) is 0 Å². The third-order valence-corrected chi connectivity index (χ3v) is 5.36. The summed E-state index contributed by atoms with van der Waals surface area (Å²) in [5.41, 5.74) is 1.61. The number of hydrogen-bond donors (Lipinski definition) is 3. The minimum Gasteiger partial charge on any atom is -0.493 e. The zero-order valence-corrected chi connectivity index (χ0v) is 16.9. The predicted octanol–water partition coefficient (Wildman–Crippen LogP) is 2.35. The van der Waals surface area contributed by atoms with E-state index in [0.717, 1.165) is 57.1 Å². The summed E-state index contributed by atoms with van der Waals surface area (Å²) in [6.07, 6.45) is 5.52. The Morgan fingerprint density at radius 2 is 1.93 bits per heavy atom. The first-order valence-electron chi connectivity index (χ1n) is 10.2. The van der Waals surface area contributed by atoms with E-state index >= 15 is 0 Å². The number of benzene rings is 1. The number of methoxy groups -OCH3 is 1. The summed E-state index contributed by atoms with van der Waals surface area (Å²) in [5.74, 6) is 1.84. The minimum atomic E-state index is 0.490. The molecule has 3 rings (SSSR count). The van der Waals surface area contributed by atoms with Gasteiger partial charge < -0.3 is 25.0 Å². The van der Waals surface area contributed by atoms with Gasteiger partial charge in [0.15, 0.2) is 11.5 Å². The van der Waals surface area contributed by atoms with Crippen LogP contribution in [0.3, 0.4) is 0 Å². The highest BCUT2D eigenvalue weighted by Gasteiger charge is 2.20. The molecular weight excluding hydrogens is 354 g/mol. The van der Waals surface area contributed by atoms with Crippen LogP contribution in [0.25, 0.3) is 0 Å². The molecule has 7 nitrogen and oxygen atoms in total. The molecule has 0 radical (unpaired) electrons. The number of likely N-dealkylation sites (tertiary alicyclic amines) is 1. The zero-order chi connectivity index (χ0) is 19.8. The van der Waals surface area contributed by atoms with Gasteiger partial charge in [0.1, 0.15) is 12.4 Å². The third kappa shape index (κ3) is 5.17. The fourth-order valence-corrected chi connectivity index (χ4v) is 3.78. The molecule has 2 aliphatic rings. The second-order valence-corrected chi connectivity index (χ2v) is 7.23. The van der Waals surface area contributed by atoms with Crippen LogP contribution in [-0.2, 0) is 0 Å². The first-order chi connectivity index (χ1) is 13.7. The molecule has 1 aromatic carbocycles. The SMILES string of the molecule is C=CNc1cc(OCCN2CCCCC2)c(OC)cc1C(=N)N1CCNCC1. The van der Waals surface area contributed by atoms with Crippen molar-refractivity contribution in [2.24, 2.45) is 0 Å². The van der Waals surface area contributed by atoms with Crippen LogP contribution in [0.4, 0.5) is 5.69 Å². The molecule has 2 heterocycles. The topological polar surface area (TPSA) is 72.9 Å². The highest BCUT2D eigenvalue weighted by Crippen LogP contribution is 2.34. The number of hydrogen-bond acceptors (Lipinski definition) is 6. The fraction of sp³-hybridized carbons (Fsp3) is 0.571. The van der Waals surface area contributed by atoms with Crippen LogP contribution in [0.1, 0.15) is 24.8 Å². The van der Waals surface area contributed by atoms with Crippen LogP contribution in [0.2, 0.25) is 0 Å². The van der Waals surface area contributed by atoms with Crippen molar-refractivity contribution < 1.29 is 9.47 Å². The van der Waals surface area contributed by atoms with Crippen LogP contribution in [0.5, 0.6) is 11.5 Å². The molecule has 0 unspecified atom stereocenters. The average Bonchev–Trinajstić information content (AvgIpc) is 2.75. The maximum absolute atomic E-state index is 8.68. The number of ether oxygens (including phenoxy) is 2. The Morgan fingerprint density at radius 3 is 2.61 bits per heavy atom. The second-order valence-electron chi connectivity index (χ2n) is 7.23. The van der Waals surface area contributed by atoms with Crippen molar-refractivity contribution in [3.05, 3.63) is 30.5 Å². The Kier molecular flexibility index (Phi) is 7.56. The summed E-state index contributed by atoms with van der Waals surface area (Å²) in [7, 11) is 1.64. The van der Waals surface area contributed by atoms with E-state index in [-0.39, 0.29) is 0 Å². The van der Waals surface area contributed by atoms with E-state index in [1.54, 1.807) is 13.3 Å². The van der Waals surface area contributed by atoms with Crippen LogP contribution in [0, 0.1) is 5.41 Å². The molecule has 0 amide bonds. The molecule has 0 aromatic heterocycles. The maximum Gasteiger partial charge on any atom is 0.163 e. The molecule has 3 N–H and O–H groups in total. The molecule has 28 heavy (non-hydrogen) atoms. The van der Waals surface area contributed by atoms with Crippen molar-refractivity contribution in [1.82, 2.24) is 15.1 Å².